The predicted octanol–water partition coefficient (Wildman–Crippen LogP) is 3.52. The first-order chi connectivity index (χ1) is 8.78. The van der Waals surface area contributed by atoms with Crippen LogP contribution in [0.5, 0.6) is 0 Å². The van der Waals surface area contributed by atoms with Gasteiger partial charge in [-0.2, -0.15) is 16.7 Å². The van der Waals surface area contributed by atoms with Crippen molar-refractivity contribution in [2.45, 2.75) is 12.7 Å². The van der Waals surface area contributed by atoms with E-state index in [0.29, 0.717) is 5.95 Å². The standard InChI is InChI=1S/C12H13ClN4S/c1-2-18-7-9-4-3-5-10(6-9)16-12-15-8-14-11(13)17-12/h3-6,8H,2,7H2,1H3,(H,14,15,16,17). The molecule has 6 heteroatoms. The summed E-state index contributed by atoms with van der Waals surface area (Å²) in [5, 5.41) is 3.29. The maximum absolute atomic E-state index is 5.71. The van der Waals surface area contributed by atoms with E-state index in [4.69, 9.17) is 11.6 Å². The van der Waals surface area contributed by atoms with Crippen LogP contribution in [0.2, 0.25) is 5.28 Å². The molecular formula is C12H13ClN4S. The van der Waals surface area contributed by atoms with Gasteiger partial charge in [0.2, 0.25) is 11.2 Å². The van der Waals surface area contributed by atoms with Crippen LogP contribution in [-0.4, -0.2) is 20.7 Å². The Bertz CT molecular complexity index is 521. The van der Waals surface area contributed by atoms with Gasteiger partial charge in [0.05, 0.1) is 0 Å². The van der Waals surface area contributed by atoms with E-state index in [1.165, 1.54) is 11.9 Å². The fourth-order valence-electron chi connectivity index (χ4n) is 1.42. The lowest BCUT2D eigenvalue weighted by Crippen LogP contribution is -1.98. The summed E-state index contributed by atoms with van der Waals surface area (Å²) < 4.78 is 0. The number of halogens is 1. The molecule has 0 aliphatic carbocycles. The predicted molar refractivity (Wildman–Crippen MR) is 76.4 cm³/mol. The molecule has 1 N–H and O–H groups in total. The van der Waals surface area contributed by atoms with Crippen molar-refractivity contribution in [3.05, 3.63) is 41.4 Å². The van der Waals surface area contributed by atoms with Crippen LogP contribution in [0.1, 0.15) is 12.5 Å². The van der Waals surface area contributed by atoms with Crippen LogP contribution < -0.4 is 5.32 Å². The number of aromatic nitrogens is 3. The van der Waals surface area contributed by atoms with Gasteiger partial charge >= 0.3 is 0 Å². The van der Waals surface area contributed by atoms with Crippen molar-refractivity contribution in [2.75, 3.05) is 11.1 Å². The fourth-order valence-corrected chi connectivity index (χ4v) is 2.17. The van der Waals surface area contributed by atoms with E-state index >= 15 is 0 Å². The lowest BCUT2D eigenvalue weighted by Gasteiger charge is -2.06. The molecule has 0 unspecified atom stereocenters. The van der Waals surface area contributed by atoms with Crippen molar-refractivity contribution >= 4 is 35.0 Å². The minimum absolute atomic E-state index is 0.185. The number of benzene rings is 1. The largest absolute Gasteiger partial charge is 0.324 e. The number of nitrogens with one attached hydrogen (secondary N) is 1. The molecule has 0 aliphatic heterocycles. The summed E-state index contributed by atoms with van der Waals surface area (Å²) in [6.07, 6.45) is 1.38. The number of hydrogen-bond donors (Lipinski definition) is 1. The van der Waals surface area contributed by atoms with Gasteiger partial charge in [0.1, 0.15) is 6.33 Å². The second-order valence-electron chi connectivity index (χ2n) is 3.54. The maximum Gasteiger partial charge on any atom is 0.231 e. The number of thioether (sulfide) groups is 1. The molecular weight excluding hydrogens is 268 g/mol. The Morgan fingerprint density at radius 1 is 1.33 bits per heavy atom. The first-order valence-corrected chi connectivity index (χ1v) is 7.09. The second kappa shape index (κ2) is 6.56. The van der Waals surface area contributed by atoms with Crippen molar-refractivity contribution < 1.29 is 0 Å². The smallest absolute Gasteiger partial charge is 0.231 e. The Hall–Kier alpha value is -1.33. The minimum atomic E-state index is 0.185. The van der Waals surface area contributed by atoms with Crippen LogP contribution in [0.15, 0.2) is 30.6 Å². The maximum atomic E-state index is 5.71. The van der Waals surface area contributed by atoms with Crippen LogP contribution in [0.25, 0.3) is 0 Å². The molecule has 1 aromatic carbocycles. The van der Waals surface area contributed by atoms with E-state index in [1.54, 1.807) is 0 Å². The average molecular weight is 281 g/mol. The highest BCUT2D eigenvalue weighted by Gasteiger charge is 2.00. The van der Waals surface area contributed by atoms with Gasteiger partial charge in [-0.25, -0.2) is 9.97 Å². The third-order valence-electron chi connectivity index (χ3n) is 2.20. The highest BCUT2D eigenvalue weighted by Crippen LogP contribution is 2.18. The second-order valence-corrected chi connectivity index (χ2v) is 5.15. The summed E-state index contributed by atoms with van der Waals surface area (Å²) in [5.74, 6) is 2.57. The number of rotatable bonds is 5. The molecule has 2 rings (SSSR count). The zero-order valence-electron chi connectivity index (χ0n) is 9.93. The zero-order valence-corrected chi connectivity index (χ0v) is 11.5. The van der Waals surface area contributed by atoms with E-state index in [-0.39, 0.29) is 5.28 Å². The quantitative estimate of drug-likeness (QED) is 0.908. The SMILES string of the molecule is CCSCc1cccc(Nc2ncnc(Cl)n2)c1. The molecule has 0 aliphatic rings. The molecule has 0 bridgehead atoms. The van der Waals surface area contributed by atoms with E-state index in [2.05, 4.69) is 39.3 Å². The average Bonchev–Trinajstić information content (AvgIpc) is 2.37. The van der Waals surface area contributed by atoms with Crippen molar-refractivity contribution in [1.82, 2.24) is 15.0 Å². The van der Waals surface area contributed by atoms with Gasteiger partial charge in [-0.15, -0.1) is 0 Å². The molecule has 0 amide bonds. The molecule has 0 atom stereocenters. The first-order valence-electron chi connectivity index (χ1n) is 5.56. The normalized spacial score (nSPS) is 10.3. The zero-order chi connectivity index (χ0) is 12.8. The summed E-state index contributed by atoms with van der Waals surface area (Å²) in [7, 11) is 0. The molecule has 2 aromatic rings. The molecule has 0 saturated carbocycles. The van der Waals surface area contributed by atoms with Gasteiger partial charge in [-0.05, 0) is 35.0 Å². The van der Waals surface area contributed by atoms with Crippen LogP contribution >= 0.6 is 23.4 Å². The summed E-state index contributed by atoms with van der Waals surface area (Å²) in [6, 6.07) is 8.17. The Balaban J connectivity index is 2.09. The molecule has 0 fully saturated rings. The van der Waals surface area contributed by atoms with E-state index in [9.17, 15) is 0 Å². The Morgan fingerprint density at radius 3 is 3.00 bits per heavy atom. The van der Waals surface area contributed by atoms with Crippen LogP contribution in [-0.2, 0) is 5.75 Å². The lowest BCUT2D eigenvalue weighted by molar-refractivity contribution is 1.05. The Morgan fingerprint density at radius 2 is 2.22 bits per heavy atom. The molecule has 1 aromatic heterocycles. The number of hydrogen-bond acceptors (Lipinski definition) is 5. The summed E-state index contributed by atoms with van der Waals surface area (Å²) >= 11 is 7.59. The van der Waals surface area contributed by atoms with Gasteiger partial charge in [0.15, 0.2) is 0 Å². The van der Waals surface area contributed by atoms with Crippen LogP contribution in [0.3, 0.4) is 0 Å². The Labute approximate surface area is 115 Å². The van der Waals surface area contributed by atoms with Crippen molar-refractivity contribution in [2.24, 2.45) is 0 Å². The molecule has 4 nitrogen and oxygen atoms in total. The van der Waals surface area contributed by atoms with Gasteiger partial charge in [-0.1, -0.05) is 19.1 Å². The molecule has 18 heavy (non-hydrogen) atoms. The third-order valence-corrected chi connectivity index (χ3v) is 3.33. The van der Waals surface area contributed by atoms with Crippen LogP contribution in [0.4, 0.5) is 11.6 Å². The summed E-state index contributed by atoms with van der Waals surface area (Å²) in [4.78, 5) is 11.7. The highest BCUT2D eigenvalue weighted by molar-refractivity contribution is 7.98. The molecule has 0 radical (unpaired) electrons. The summed E-state index contributed by atoms with van der Waals surface area (Å²) in [5.41, 5.74) is 2.22. The van der Waals surface area contributed by atoms with Gasteiger partial charge in [0.25, 0.3) is 0 Å². The van der Waals surface area contributed by atoms with Gasteiger partial charge < -0.3 is 5.32 Å². The third kappa shape index (κ3) is 3.85. The summed E-state index contributed by atoms with van der Waals surface area (Å²) in [6.45, 7) is 2.15. The van der Waals surface area contributed by atoms with Crippen molar-refractivity contribution in [1.29, 1.82) is 0 Å². The van der Waals surface area contributed by atoms with Crippen molar-refractivity contribution in [3.63, 3.8) is 0 Å². The van der Waals surface area contributed by atoms with Crippen LogP contribution in [0, 0.1) is 0 Å². The molecule has 0 spiro atoms. The van der Waals surface area contributed by atoms with E-state index in [0.717, 1.165) is 17.2 Å². The van der Waals surface area contributed by atoms with Gasteiger partial charge in [0, 0.05) is 11.4 Å². The molecule has 94 valence electrons. The number of nitrogens with zero attached hydrogens (tertiary/aromatic N) is 3. The van der Waals surface area contributed by atoms with Gasteiger partial charge in [-0.3, -0.25) is 0 Å². The molecule has 1 heterocycles. The molecule has 0 saturated heterocycles. The topological polar surface area (TPSA) is 50.7 Å². The first kappa shape index (κ1) is 13.1. The Kier molecular flexibility index (Phi) is 4.78. The number of anilines is 2. The minimum Gasteiger partial charge on any atom is -0.324 e. The highest BCUT2D eigenvalue weighted by atomic mass is 35.5. The lowest BCUT2D eigenvalue weighted by atomic mass is 10.2. The van der Waals surface area contributed by atoms with E-state index < -0.39 is 0 Å². The van der Waals surface area contributed by atoms with Crippen molar-refractivity contribution in [3.8, 4) is 0 Å². The fraction of sp³-hybridized carbons (Fsp3) is 0.250. The monoisotopic (exact) mass is 280 g/mol. The van der Waals surface area contributed by atoms with E-state index in [1.807, 2.05) is 23.9 Å².